The van der Waals surface area contributed by atoms with Gasteiger partial charge in [-0.05, 0) is 26.2 Å². The summed E-state index contributed by atoms with van der Waals surface area (Å²) in [4.78, 5) is 18.0. The maximum absolute atomic E-state index is 12.1. The van der Waals surface area contributed by atoms with Crippen LogP contribution in [0, 0.1) is 6.92 Å². The van der Waals surface area contributed by atoms with Gasteiger partial charge in [0, 0.05) is 12.6 Å². The Morgan fingerprint density at radius 3 is 2.94 bits per heavy atom. The highest BCUT2D eigenvalue weighted by Crippen LogP contribution is 2.23. The molecule has 3 rings (SSSR count). The normalized spacial score (nSPS) is 24.6. The molecule has 1 saturated carbocycles. The first kappa shape index (κ1) is 10.7. The summed E-state index contributed by atoms with van der Waals surface area (Å²) in [5.74, 6) is 1.29. The van der Waals surface area contributed by atoms with Gasteiger partial charge >= 0.3 is 0 Å². The Morgan fingerprint density at radius 1 is 1.47 bits per heavy atom. The number of nitrogens with zero attached hydrogens (tertiary/aromatic N) is 3. The van der Waals surface area contributed by atoms with Crippen molar-refractivity contribution >= 4 is 5.91 Å². The SMILES string of the molecule is Cc1noc(CN2CCC(NC3CC3)C2=O)n1. The lowest BCUT2D eigenvalue weighted by Gasteiger charge is -2.14. The van der Waals surface area contributed by atoms with E-state index in [0.717, 1.165) is 13.0 Å². The third-order valence-electron chi connectivity index (χ3n) is 3.21. The van der Waals surface area contributed by atoms with Crippen molar-refractivity contribution in [1.29, 1.82) is 0 Å². The molecule has 1 amide bonds. The average Bonchev–Trinajstić information content (AvgIpc) is 2.94. The maximum atomic E-state index is 12.1. The van der Waals surface area contributed by atoms with Gasteiger partial charge in [-0.25, -0.2) is 0 Å². The second-order valence-electron chi connectivity index (χ2n) is 4.78. The maximum Gasteiger partial charge on any atom is 0.246 e. The minimum absolute atomic E-state index is 0.00785. The minimum atomic E-state index is -0.00785. The van der Waals surface area contributed by atoms with Crippen LogP contribution in [0.3, 0.4) is 0 Å². The summed E-state index contributed by atoms with van der Waals surface area (Å²) < 4.78 is 5.03. The summed E-state index contributed by atoms with van der Waals surface area (Å²) >= 11 is 0. The molecule has 1 unspecified atom stereocenters. The molecule has 1 aromatic rings. The fourth-order valence-electron chi connectivity index (χ4n) is 2.15. The molecule has 92 valence electrons. The predicted octanol–water partition coefficient (Wildman–Crippen LogP) is 0.231. The lowest BCUT2D eigenvalue weighted by atomic mass is 10.2. The molecular formula is C11H16N4O2. The van der Waals surface area contributed by atoms with Crippen LogP contribution in [0.25, 0.3) is 0 Å². The zero-order valence-electron chi connectivity index (χ0n) is 9.85. The third kappa shape index (κ3) is 2.31. The van der Waals surface area contributed by atoms with Crippen molar-refractivity contribution in [3.63, 3.8) is 0 Å². The van der Waals surface area contributed by atoms with E-state index in [9.17, 15) is 4.79 Å². The number of hydrogen-bond donors (Lipinski definition) is 1. The van der Waals surface area contributed by atoms with E-state index >= 15 is 0 Å². The van der Waals surface area contributed by atoms with Crippen LogP contribution < -0.4 is 5.32 Å². The molecule has 1 atom stereocenters. The number of carbonyl (C=O) groups is 1. The van der Waals surface area contributed by atoms with Gasteiger partial charge in [-0.15, -0.1) is 0 Å². The number of carbonyl (C=O) groups excluding carboxylic acids is 1. The minimum Gasteiger partial charge on any atom is -0.337 e. The molecule has 6 nitrogen and oxygen atoms in total. The van der Waals surface area contributed by atoms with Crippen molar-refractivity contribution in [2.75, 3.05) is 6.54 Å². The van der Waals surface area contributed by atoms with Crippen molar-refractivity contribution < 1.29 is 9.32 Å². The second-order valence-corrected chi connectivity index (χ2v) is 4.78. The van der Waals surface area contributed by atoms with Crippen LogP contribution in [0.5, 0.6) is 0 Å². The van der Waals surface area contributed by atoms with Crippen molar-refractivity contribution in [3.8, 4) is 0 Å². The molecule has 1 aliphatic heterocycles. The number of amides is 1. The molecule has 0 bridgehead atoms. The second kappa shape index (κ2) is 4.10. The van der Waals surface area contributed by atoms with Gasteiger partial charge in [0.05, 0.1) is 6.04 Å². The Bertz CT molecular complexity index is 427. The van der Waals surface area contributed by atoms with E-state index < -0.39 is 0 Å². The van der Waals surface area contributed by atoms with E-state index in [1.54, 1.807) is 11.8 Å². The number of likely N-dealkylation sites (tertiary alicyclic amines) is 1. The van der Waals surface area contributed by atoms with Crippen LogP contribution in [0.1, 0.15) is 31.0 Å². The first-order chi connectivity index (χ1) is 8.22. The predicted molar refractivity (Wildman–Crippen MR) is 59.0 cm³/mol. The Hall–Kier alpha value is -1.43. The quantitative estimate of drug-likeness (QED) is 0.810. The van der Waals surface area contributed by atoms with Crippen LogP contribution in [0.2, 0.25) is 0 Å². The van der Waals surface area contributed by atoms with Crippen LogP contribution in [0.4, 0.5) is 0 Å². The molecule has 2 fully saturated rings. The molecule has 0 radical (unpaired) electrons. The molecule has 2 aliphatic rings. The highest BCUT2D eigenvalue weighted by molar-refractivity contribution is 5.83. The Labute approximate surface area is 99.4 Å². The van der Waals surface area contributed by atoms with Gasteiger partial charge in [0.25, 0.3) is 0 Å². The molecule has 17 heavy (non-hydrogen) atoms. The molecular weight excluding hydrogens is 220 g/mol. The number of hydrogen-bond acceptors (Lipinski definition) is 5. The van der Waals surface area contributed by atoms with Crippen LogP contribution in [-0.2, 0) is 11.3 Å². The summed E-state index contributed by atoms with van der Waals surface area (Å²) in [7, 11) is 0. The van der Waals surface area contributed by atoms with E-state index in [4.69, 9.17) is 4.52 Å². The van der Waals surface area contributed by atoms with E-state index in [1.807, 2.05) is 0 Å². The smallest absolute Gasteiger partial charge is 0.246 e. The number of aryl methyl sites for hydroxylation is 1. The standard InChI is InChI=1S/C11H16N4O2/c1-7-12-10(17-14-7)6-15-5-4-9(11(15)16)13-8-2-3-8/h8-9,13H,2-6H2,1H3. The molecule has 0 spiro atoms. The molecule has 1 aliphatic carbocycles. The lowest BCUT2D eigenvalue weighted by molar-refractivity contribution is -0.130. The molecule has 0 aromatic carbocycles. The van der Waals surface area contributed by atoms with Gasteiger partial charge in [-0.1, -0.05) is 5.16 Å². The average molecular weight is 236 g/mol. The van der Waals surface area contributed by atoms with Crippen molar-refractivity contribution in [3.05, 3.63) is 11.7 Å². The van der Waals surface area contributed by atoms with Gasteiger partial charge in [0.15, 0.2) is 5.82 Å². The Kier molecular flexibility index (Phi) is 2.58. The zero-order chi connectivity index (χ0) is 11.8. The number of aromatic nitrogens is 2. The van der Waals surface area contributed by atoms with E-state index in [1.165, 1.54) is 12.8 Å². The fourth-order valence-corrected chi connectivity index (χ4v) is 2.15. The molecule has 6 heteroatoms. The van der Waals surface area contributed by atoms with Crippen molar-refractivity contribution in [2.24, 2.45) is 0 Å². The zero-order valence-corrected chi connectivity index (χ0v) is 9.85. The van der Waals surface area contributed by atoms with Crippen molar-refractivity contribution in [1.82, 2.24) is 20.4 Å². The first-order valence-corrected chi connectivity index (χ1v) is 6.06. The largest absolute Gasteiger partial charge is 0.337 e. The lowest BCUT2D eigenvalue weighted by Crippen LogP contribution is -2.39. The van der Waals surface area contributed by atoms with Gasteiger partial charge in [-0.2, -0.15) is 4.98 Å². The van der Waals surface area contributed by atoms with Crippen molar-refractivity contribution in [2.45, 2.75) is 44.8 Å². The Balaban J connectivity index is 1.59. The molecule has 1 saturated heterocycles. The van der Waals surface area contributed by atoms with Crippen LogP contribution in [0.15, 0.2) is 4.52 Å². The number of rotatable bonds is 4. The fraction of sp³-hybridized carbons (Fsp3) is 0.727. The monoisotopic (exact) mass is 236 g/mol. The Morgan fingerprint density at radius 2 is 2.29 bits per heavy atom. The van der Waals surface area contributed by atoms with E-state index in [0.29, 0.717) is 24.3 Å². The summed E-state index contributed by atoms with van der Waals surface area (Å²) in [5, 5.41) is 7.09. The van der Waals surface area contributed by atoms with Gasteiger partial charge in [-0.3, -0.25) is 4.79 Å². The van der Waals surface area contributed by atoms with Crippen LogP contribution >= 0.6 is 0 Å². The van der Waals surface area contributed by atoms with E-state index in [-0.39, 0.29) is 11.9 Å². The summed E-state index contributed by atoms with van der Waals surface area (Å²) in [5.41, 5.74) is 0. The molecule has 1 N–H and O–H groups in total. The highest BCUT2D eigenvalue weighted by Gasteiger charge is 2.36. The van der Waals surface area contributed by atoms with Gasteiger partial charge in [0.2, 0.25) is 11.8 Å². The summed E-state index contributed by atoms with van der Waals surface area (Å²) in [6, 6.07) is 0.557. The number of nitrogens with one attached hydrogen (secondary N) is 1. The highest BCUT2D eigenvalue weighted by atomic mass is 16.5. The molecule has 1 aromatic heterocycles. The molecule has 2 heterocycles. The van der Waals surface area contributed by atoms with Gasteiger partial charge in [0.1, 0.15) is 6.54 Å². The summed E-state index contributed by atoms with van der Waals surface area (Å²) in [6.45, 7) is 2.98. The van der Waals surface area contributed by atoms with Crippen LogP contribution in [-0.4, -0.2) is 39.6 Å². The first-order valence-electron chi connectivity index (χ1n) is 6.06. The third-order valence-corrected chi connectivity index (χ3v) is 3.21. The summed E-state index contributed by atoms with van der Waals surface area (Å²) in [6.07, 6.45) is 3.28. The van der Waals surface area contributed by atoms with E-state index in [2.05, 4.69) is 15.5 Å². The van der Waals surface area contributed by atoms with Gasteiger partial charge < -0.3 is 14.7 Å². The topological polar surface area (TPSA) is 71.3 Å².